The Kier molecular flexibility index (Phi) is 5.19. The monoisotopic (exact) mass is 541 g/mol. The fourth-order valence-electron chi connectivity index (χ4n) is 8.30. The number of fused-ring (bicyclic) bond motifs is 3. The summed E-state index contributed by atoms with van der Waals surface area (Å²) >= 11 is 0. The van der Waals surface area contributed by atoms with Crippen LogP contribution in [0.4, 0.5) is 10.1 Å². The van der Waals surface area contributed by atoms with Gasteiger partial charge in [-0.1, -0.05) is 17.3 Å². The van der Waals surface area contributed by atoms with Crippen molar-refractivity contribution in [2.24, 2.45) is 10.8 Å². The van der Waals surface area contributed by atoms with Gasteiger partial charge in [-0.15, -0.1) is 0 Å². The van der Waals surface area contributed by atoms with E-state index in [1.807, 2.05) is 36.1 Å². The highest BCUT2D eigenvalue weighted by Crippen LogP contribution is 2.71. The van der Waals surface area contributed by atoms with Gasteiger partial charge in [0.15, 0.2) is 11.6 Å². The fraction of sp³-hybridized carbons (Fsp3) is 0.594. The predicted molar refractivity (Wildman–Crippen MR) is 147 cm³/mol. The number of aromatic nitrogens is 4. The van der Waals surface area contributed by atoms with Crippen molar-refractivity contribution in [1.82, 2.24) is 20.1 Å². The number of anilines is 1. The molecule has 2 aromatic heterocycles. The van der Waals surface area contributed by atoms with Crippen LogP contribution >= 0.6 is 0 Å². The molecule has 10 rings (SSSR count). The van der Waals surface area contributed by atoms with E-state index >= 15 is 0 Å². The van der Waals surface area contributed by atoms with Crippen molar-refractivity contribution >= 4 is 11.6 Å². The Balaban J connectivity index is 1.06. The van der Waals surface area contributed by atoms with Crippen LogP contribution in [0.3, 0.4) is 0 Å². The second-order valence-corrected chi connectivity index (χ2v) is 13.9. The van der Waals surface area contributed by atoms with Crippen molar-refractivity contribution in [1.29, 1.82) is 0 Å². The third-order valence-electron chi connectivity index (χ3n) is 10.8. The van der Waals surface area contributed by atoms with E-state index in [1.54, 1.807) is 6.20 Å². The fourth-order valence-corrected chi connectivity index (χ4v) is 8.30. The van der Waals surface area contributed by atoms with Crippen LogP contribution in [0.5, 0.6) is 0 Å². The van der Waals surface area contributed by atoms with Gasteiger partial charge in [-0.2, -0.15) is 4.98 Å². The van der Waals surface area contributed by atoms with Gasteiger partial charge >= 0.3 is 0 Å². The molecule has 7 aliphatic rings. The van der Waals surface area contributed by atoms with Gasteiger partial charge in [0.05, 0.1) is 0 Å². The highest BCUT2D eigenvalue weighted by Gasteiger charge is 2.69. The summed E-state index contributed by atoms with van der Waals surface area (Å²) in [6.45, 7) is 2.65. The molecule has 40 heavy (non-hydrogen) atoms. The Morgan fingerprint density at radius 3 is 2.45 bits per heavy atom. The van der Waals surface area contributed by atoms with Crippen LogP contribution in [0.1, 0.15) is 100 Å². The minimum absolute atomic E-state index is 0.0135. The number of carbonyl (C=O) groups excluding carboxylic acids is 1. The first kappa shape index (κ1) is 24.6. The van der Waals surface area contributed by atoms with Crippen LogP contribution in [0.25, 0.3) is 11.4 Å². The molecule has 7 aliphatic carbocycles. The van der Waals surface area contributed by atoms with E-state index < -0.39 is 5.67 Å². The zero-order valence-corrected chi connectivity index (χ0v) is 23.2. The SMILES string of the molecule is Cc1ccnc(-c2cccc(N(CC34CCC(c5nc(C6CC6)no5)(CC3)CC4)C(=O)CC34CC(F)(C3)C4)c2)n1. The molecule has 0 spiro atoms. The van der Waals surface area contributed by atoms with Gasteiger partial charge in [0, 0.05) is 47.4 Å². The van der Waals surface area contributed by atoms with Crippen LogP contribution in [0.15, 0.2) is 41.1 Å². The highest BCUT2D eigenvalue weighted by molar-refractivity contribution is 5.94. The van der Waals surface area contributed by atoms with Gasteiger partial charge in [-0.3, -0.25) is 4.79 Å². The molecule has 0 radical (unpaired) electrons. The number of aryl methyl sites for hydroxylation is 1. The molecule has 0 saturated heterocycles. The zero-order chi connectivity index (χ0) is 27.2. The molecule has 7 saturated carbocycles. The molecule has 4 bridgehead atoms. The van der Waals surface area contributed by atoms with Gasteiger partial charge in [-0.25, -0.2) is 14.4 Å². The average molecular weight is 542 g/mol. The summed E-state index contributed by atoms with van der Waals surface area (Å²) in [5.74, 6) is 3.01. The standard InChI is InChI=1S/C32H36FN5O2/c1-21-7-14-34-26(35-21)23-3-2-4-24(15-23)38(25(39)16-30-17-32(33,18-30)19-30)20-29-8-11-31(12-9-29,13-10-29)28-36-27(37-40-28)22-5-6-22/h2-4,7,14-15,22H,5-6,8-13,16-20H2,1H3. The molecule has 7 fully saturated rings. The van der Waals surface area contributed by atoms with E-state index in [0.29, 0.717) is 44.0 Å². The first-order valence-corrected chi connectivity index (χ1v) is 15.0. The average Bonchev–Trinajstić information content (AvgIpc) is 3.67. The van der Waals surface area contributed by atoms with Crippen molar-refractivity contribution in [2.45, 2.75) is 101 Å². The Hall–Kier alpha value is -3.16. The topological polar surface area (TPSA) is 85.0 Å². The minimum atomic E-state index is -1.00. The van der Waals surface area contributed by atoms with Gasteiger partial charge < -0.3 is 9.42 Å². The Morgan fingerprint density at radius 1 is 1.02 bits per heavy atom. The van der Waals surface area contributed by atoms with Crippen LogP contribution < -0.4 is 4.90 Å². The van der Waals surface area contributed by atoms with E-state index in [9.17, 15) is 9.18 Å². The summed E-state index contributed by atoms with van der Waals surface area (Å²) in [5.41, 5.74) is 1.61. The van der Waals surface area contributed by atoms with Crippen molar-refractivity contribution in [3.8, 4) is 11.4 Å². The molecule has 8 heteroatoms. The van der Waals surface area contributed by atoms with E-state index in [0.717, 1.165) is 67.2 Å². The molecule has 3 aromatic rings. The van der Waals surface area contributed by atoms with Crippen LogP contribution in [0, 0.1) is 17.8 Å². The normalized spacial score (nSPS) is 33.8. The Bertz CT molecular complexity index is 1450. The number of hydrogen-bond acceptors (Lipinski definition) is 6. The first-order valence-electron chi connectivity index (χ1n) is 15.0. The summed E-state index contributed by atoms with van der Waals surface area (Å²) in [6, 6.07) is 9.96. The molecule has 1 aromatic carbocycles. The largest absolute Gasteiger partial charge is 0.339 e. The van der Waals surface area contributed by atoms with Crippen molar-refractivity contribution in [3.05, 3.63) is 53.9 Å². The zero-order valence-electron chi connectivity index (χ0n) is 23.2. The smallest absolute Gasteiger partial charge is 0.232 e. The number of nitrogens with zero attached hydrogens (tertiary/aromatic N) is 5. The molecule has 0 aliphatic heterocycles. The highest BCUT2D eigenvalue weighted by atomic mass is 19.1. The number of rotatable bonds is 8. The summed E-state index contributed by atoms with van der Waals surface area (Å²) in [4.78, 5) is 30.0. The Morgan fingerprint density at radius 2 is 1.77 bits per heavy atom. The lowest BCUT2D eigenvalue weighted by molar-refractivity contribution is -0.215. The number of carbonyl (C=O) groups is 1. The second-order valence-electron chi connectivity index (χ2n) is 13.9. The molecule has 2 heterocycles. The second kappa shape index (κ2) is 8.43. The summed E-state index contributed by atoms with van der Waals surface area (Å²) in [7, 11) is 0. The van der Waals surface area contributed by atoms with Crippen molar-refractivity contribution in [3.63, 3.8) is 0 Å². The summed E-state index contributed by atoms with van der Waals surface area (Å²) in [5, 5.41) is 4.31. The lowest BCUT2D eigenvalue weighted by Gasteiger charge is -2.66. The molecule has 208 valence electrons. The summed E-state index contributed by atoms with van der Waals surface area (Å²) < 4.78 is 20.2. The molecule has 7 nitrogen and oxygen atoms in total. The third kappa shape index (κ3) is 4.00. The van der Waals surface area contributed by atoms with Gasteiger partial charge in [0.2, 0.25) is 11.8 Å². The number of halogens is 1. The molecule has 0 atom stereocenters. The Labute approximate surface area is 234 Å². The van der Waals surface area contributed by atoms with E-state index in [-0.39, 0.29) is 22.2 Å². The molecule has 0 N–H and O–H groups in total. The van der Waals surface area contributed by atoms with Crippen LogP contribution in [0.2, 0.25) is 0 Å². The van der Waals surface area contributed by atoms with Gasteiger partial charge in [0.25, 0.3) is 0 Å². The molecule has 1 amide bonds. The quantitative estimate of drug-likeness (QED) is 0.319. The number of hydrogen-bond donors (Lipinski definition) is 0. The molecular formula is C32H36FN5O2. The lowest BCUT2D eigenvalue weighted by Crippen LogP contribution is -2.65. The van der Waals surface area contributed by atoms with Crippen LogP contribution in [-0.2, 0) is 10.2 Å². The van der Waals surface area contributed by atoms with Gasteiger partial charge in [-0.05, 0) is 107 Å². The van der Waals surface area contributed by atoms with Crippen molar-refractivity contribution in [2.75, 3.05) is 11.4 Å². The summed E-state index contributed by atoms with van der Waals surface area (Å²) in [6.07, 6.45) is 12.3. The van der Waals surface area contributed by atoms with E-state index in [4.69, 9.17) is 9.51 Å². The third-order valence-corrected chi connectivity index (χ3v) is 10.8. The first-order chi connectivity index (χ1) is 19.3. The van der Waals surface area contributed by atoms with E-state index in [2.05, 4.69) is 21.2 Å². The number of benzene rings is 1. The van der Waals surface area contributed by atoms with Crippen LogP contribution in [-0.4, -0.2) is 38.2 Å². The minimum Gasteiger partial charge on any atom is -0.339 e. The maximum atomic E-state index is 14.3. The van der Waals surface area contributed by atoms with Crippen molar-refractivity contribution < 1.29 is 13.7 Å². The van der Waals surface area contributed by atoms with E-state index in [1.165, 1.54) is 12.8 Å². The molecular weight excluding hydrogens is 505 g/mol. The number of alkyl halides is 1. The van der Waals surface area contributed by atoms with Gasteiger partial charge in [0.1, 0.15) is 5.67 Å². The predicted octanol–water partition coefficient (Wildman–Crippen LogP) is 6.62. The lowest BCUT2D eigenvalue weighted by atomic mass is 9.41. The maximum Gasteiger partial charge on any atom is 0.232 e. The number of amides is 1. The maximum absolute atomic E-state index is 14.3. The molecule has 0 unspecified atom stereocenters.